The van der Waals surface area contributed by atoms with E-state index in [1.165, 1.54) is 0 Å². The van der Waals surface area contributed by atoms with Crippen molar-refractivity contribution < 1.29 is 35.8 Å². The maximum Gasteiger partial charge on any atom is 1.00 e. The number of aldehydes is 1. The maximum atomic E-state index is 9.34. The van der Waals surface area contributed by atoms with Gasteiger partial charge < -0.3 is 11.5 Å². The molecule has 0 unspecified atom stereocenters. The topological polar surface area (TPSA) is 29.1 Å². The fraction of sp³-hybridized carbons (Fsp3) is 0.667. The van der Waals surface area contributed by atoms with Gasteiger partial charge in [-0.25, -0.2) is 0 Å². The van der Waals surface area contributed by atoms with Gasteiger partial charge in [0.25, 0.3) is 0 Å². The van der Waals surface area contributed by atoms with Gasteiger partial charge in [-0.05, 0) is 7.05 Å². The predicted molar refractivity (Wildman–Crippen MR) is 21.1 cm³/mol. The van der Waals surface area contributed by atoms with Crippen molar-refractivity contribution in [1.29, 1.82) is 0 Å². The summed E-state index contributed by atoms with van der Waals surface area (Å²) < 4.78 is 0. The summed E-state index contributed by atoms with van der Waals surface area (Å²) in [5, 5.41) is 2.65. The molecular weight excluding hydrogens is 89.0 g/mol. The molecule has 1 N–H and O–H groups in total. The molecule has 0 rings (SSSR count). The molecule has 0 aromatic rings. The van der Waals surface area contributed by atoms with E-state index in [1.807, 2.05) is 0 Å². The van der Waals surface area contributed by atoms with Gasteiger partial charge in [0.1, 0.15) is 6.29 Å². The minimum absolute atomic E-state index is 0. The normalized spacial score (nSPS) is 6.17. The van der Waals surface area contributed by atoms with Gasteiger partial charge in [0, 0.05) is 0 Å². The van der Waals surface area contributed by atoms with Crippen molar-refractivity contribution in [3.8, 4) is 0 Å². The second kappa shape index (κ2) is 9.16. The first kappa shape index (κ1) is 9.80. The second-order valence-electron chi connectivity index (χ2n) is 0.724. The molecule has 3 heteroatoms. The Labute approximate surface area is 61.1 Å². The number of rotatable bonds is 2. The van der Waals surface area contributed by atoms with Crippen molar-refractivity contribution in [2.45, 2.75) is 0 Å². The van der Waals surface area contributed by atoms with E-state index in [4.69, 9.17) is 0 Å². The summed E-state index contributed by atoms with van der Waals surface area (Å²) in [6.07, 6.45) is 0.819. The van der Waals surface area contributed by atoms with E-state index in [2.05, 4.69) is 5.32 Å². The summed E-state index contributed by atoms with van der Waals surface area (Å²) >= 11 is 0. The number of hydrogen-bond donors (Lipinski definition) is 1. The Morgan fingerprint density at radius 1 is 2.00 bits per heavy atom. The summed E-state index contributed by atoms with van der Waals surface area (Å²) in [6, 6.07) is 0. The fourth-order valence-corrected chi connectivity index (χ4v) is 0.0833. The number of carbonyl (C=O) groups is 1. The molecule has 0 amide bonds. The van der Waals surface area contributed by atoms with Crippen molar-refractivity contribution in [2.75, 3.05) is 13.6 Å². The van der Waals surface area contributed by atoms with Gasteiger partial charge in [-0.3, -0.25) is 0 Å². The number of carbonyl (C=O) groups excluding carboxylic acids is 1. The van der Waals surface area contributed by atoms with Crippen LogP contribution in [0, 0.1) is 0 Å². The largest absolute Gasteiger partial charge is 1.00 e. The first-order valence-corrected chi connectivity index (χ1v) is 1.50. The Morgan fingerprint density at radius 3 is 2.50 bits per heavy atom. The van der Waals surface area contributed by atoms with Crippen LogP contribution in [-0.4, -0.2) is 19.9 Å². The average molecular weight is 97.1 g/mol. The van der Waals surface area contributed by atoms with Crippen molar-refractivity contribution in [2.24, 2.45) is 0 Å². The third-order valence-electron chi connectivity index (χ3n) is 0.287. The molecule has 6 heavy (non-hydrogen) atoms. The van der Waals surface area contributed by atoms with Crippen molar-refractivity contribution >= 4 is 6.29 Å². The molecule has 2 nitrogen and oxygen atoms in total. The van der Waals surface area contributed by atoms with Crippen LogP contribution in [0.25, 0.3) is 0 Å². The number of likely N-dealkylation sites (N-methyl/N-ethyl adjacent to an activating group) is 1. The van der Waals surface area contributed by atoms with Crippen LogP contribution in [0.3, 0.4) is 0 Å². The molecule has 0 aliphatic rings. The van der Waals surface area contributed by atoms with Gasteiger partial charge in [0.15, 0.2) is 0 Å². The Kier molecular flexibility index (Phi) is 15.0. The molecule has 0 saturated heterocycles. The minimum atomic E-state index is 0. The molecule has 0 aromatic carbocycles. The summed E-state index contributed by atoms with van der Waals surface area (Å²) in [4.78, 5) is 9.34. The van der Waals surface area contributed by atoms with Gasteiger partial charge in [0.2, 0.25) is 0 Å². The van der Waals surface area contributed by atoms with Crippen LogP contribution in [0.2, 0.25) is 0 Å². The zero-order valence-electron chi connectivity index (χ0n) is 5.19. The van der Waals surface area contributed by atoms with E-state index in [0.717, 1.165) is 6.29 Å². The fourth-order valence-electron chi connectivity index (χ4n) is 0.0833. The molecule has 0 atom stereocenters. The molecule has 0 aromatic heterocycles. The molecule has 0 heterocycles. The predicted octanol–water partition coefficient (Wildman–Crippen LogP) is -3.48. The van der Waals surface area contributed by atoms with E-state index in [9.17, 15) is 4.79 Å². The van der Waals surface area contributed by atoms with Gasteiger partial charge in [-0.15, -0.1) is 0 Å². The molecule has 0 aliphatic heterocycles. The minimum Gasteiger partial charge on any atom is -1.00 e. The first-order valence-electron chi connectivity index (χ1n) is 1.50. The average Bonchev–Trinajstić information content (AvgIpc) is 1.41. The molecule has 0 radical (unpaired) electrons. The van der Waals surface area contributed by atoms with E-state index in [-0.39, 0.29) is 31.0 Å². The Bertz CT molecular complexity index is 36.1. The van der Waals surface area contributed by atoms with Crippen LogP contribution in [-0.2, 0) is 4.79 Å². The van der Waals surface area contributed by atoms with Crippen LogP contribution in [0.1, 0.15) is 1.43 Å². The molecular formula is C3H8NNaO. The Balaban J connectivity index is -0.0000000800. The van der Waals surface area contributed by atoms with Crippen LogP contribution in [0.15, 0.2) is 0 Å². The summed E-state index contributed by atoms with van der Waals surface area (Å²) in [6.45, 7) is 0.458. The number of nitrogens with one attached hydrogen (secondary N) is 1. The van der Waals surface area contributed by atoms with Crippen molar-refractivity contribution in [1.82, 2.24) is 5.32 Å². The van der Waals surface area contributed by atoms with E-state index in [0.29, 0.717) is 6.54 Å². The van der Waals surface area contributed by atoms with Gasteiger partial charge in [-0.2, -0.15) is 0 Å². The van der Waals surface area contributed by atoms with E-state index in [1.54, 1.807) is 7.05 Å². The van der Waals surface area contributed by atoms with Gasteiger partial charge in [0.05, 0.1) is 6.54 Å². The first-order chi connectivity index (χ1) is 2.41. The van der Waals surface area contributed by atoms with Crippen molar-refractivity contribution in [3.05, 3.63) is 0 Å². The summed E-state index contributed by atoms with van der Waals surface area (Å²) in [7, 11) is 1.73. The molecule has 0 fully saturated rings. The molecule has 0 aliphatic carbocycles. The summed E-state index contributed by atoms with van der Waals surface area (Å²) in [5.41, 5.74) is 0. The SMILES string of the molecule is CNCC=O.[H-].[Na+]. The third-order valence-corrected chi connectivity index (χ3v) is 0.287. The Morgan fingerprint density at radius 2 is 2.50 bits per heavy atom. The Hall–Kier alpha value is 0.630. The maximum absolute atomic E-state index is 9.34. The van der Waals surface area contributed by atoms with Crippen molar-refractivity contribution in [3.63, 3.8) is 0 Å². The molecule has 32 valence electrons. The third kappa shape index (κ3) is 8.82. The quantitative estimate of drug-likeness (QED) is 0.286. The second-order valence-corrected chi connectivity index (χ2v) is 0.724. The molecule has 0 spiro atoms. The van der Waals surface area contributed by atoms with E-state index < -0.39 is 0 Å². The smallest absolute Gasteiger partial charge is 1.00 e. The van der Waals surface area contributed by atoms with E-state index >= 15 is 0 Å². The molecule has 0 bridgehead atoms. The zero-order chi connectivity index (χ0) is 4.12. The van der Waals surface area contributed by atoms with Crippen LogP contribution < -0.4 is 34.9 Å². The van der Waals surface area contributed by atoms with Crippen LogP contribution >= 0.6 is 0 Å². The zero-order valence-corrected chi connectivity index (χ0v) is 6.19. The monoisotopic (exact) mass is 97.1 g/mol. The van der Waals surface area contributed by atoms with Gasteiger partial charge in [-0.1, -0.05) is 0 Å². The van der Waals surface area contributed by atoms with Crippen LogP contribution in [0.5, 0.6) is 0 Å². The van der Waals surface area contributed by atoms with Crippen LogP contribution in [0.4, 0.5) is 0 Å². The number of hydrogen-bond acceptors (Lipinski definition) is 2. The summed E-state index contributed by atoms with van der Waals surface area (Å²) in [5.74, 6) is 0. The molecule has 0 saturated carbocycles. The van der Waals surface area contributed by atoms with Gasteiger partial charge >= 0.3 is 29.6 Å². The standard InChI is InChI=1S/C3H7NO.Na.H/c1-4-2-3-5;;/h3-4H,2H2,1H3;;/q;+1;-1.